The van der Waals surface area contributed by atoms with Gasteiger partial charge in [0.15, 0.2) is 0 Å². The van der Waals surface area contributed by atoms with Gasteiger partial charge in [-0.05, 0) is 6.42 Å². The summed E-state index contributed by atoms with van der Waals surface area (Å²) in [5, 5.41) is 1.18. The molecule has 0 aromatic heterocycles. The van der Waals surface area contributed by atoms with E-state index in [-0.39, 0.29) is 5.88 Å². The Balaban J connectivity index is 3.62. The minimum Gasteiger partial charge on any atom is -0.302 e. The maximum Gasteiger partial charge on any atom is 0.142 e. The average molecular weight is 214 g/mol. The molecule has 12 heavy (non-hydrogen) atoms. The number of alkyl halides is 1. The van der Waals surface area contributed by atoms with Crippen LogP contribution < -0.4 is 4.72 Å². The molecule has 0 spiro atoms. The van der Waals surface area contributed by atoms with Crippen LogP contribution in [0.5, 0.6) is 0 Å². The molecule has 2 N–H and O–H groups in total. The summed E-state index contributed by atoms with van der Waals surface area (Å²) in [4.78, 5) is 0. The van der Waals surface area contributed by atoms with Crippen molar-refractivity contribution in [1.29, 1.82) is 0 Å². The molecule has 0 bridgehead atoms. The Morgan fingerprint density at radius 1 is 1.58 bits per heavy atom. The van der Waals surface area contributed by atoms with Crippen LogP contribution in [0.2, 0.25) is 0 Å². The molecule has 0 saturated carbocycles. The second kappa shape index (κ2) is 6.71. The predicted molar refractivity (Wildman–Crippen MR) is 55.1 cm³/mol. The lowest BCUT2D eigenvalue weighted by molar-refractivity contribution is 0.540. The highest BCUT2D eigenvalue weighted by atomic mass is 35.5. The molecule has 74 valence electrons. The van der Waals surface area contributed by atoms with Crippen LogP contribution in [0.1, 0.15) is 26.2 Å². The van der Waals surface area contributed by atoms with E-state index in [0.717, 1.165) is 19.3 Å². The van der Waals surface area contributed by atoms with Crippen molar-refractivity contribution in [2.75, 3.05) is 12.4 Å². The predicted octanol–water partition coefficient (Wildman–Crippen LogP) is 1.48. The lowest BCUT2D eigenvalue weighted by Crippen LogP contribution is -2.25. The van der Waals surface area contributed by atoms with Gasteiger partial charge in [-0.15, -0.1) is 11.6 Å². The van der Waals surface area contributed by atoms with Gasteiger partial charge >= 0.3 is 0 Å². The first kappa shape index (κ1) is 12.2. The third kappa shape index (κ3) is 6.91. The summed E-state index contributed by atoms with van der Waals surface area (Å²) in [5.74, 6) is 0.0934. The van der Waals surface area contributed by atoms with E-state index in [1.807, 2.05) is 0 Å². The van der Waals surface area contributed by atoms with Crippen molar-refractivity contribution < 1.29 is 8.76 Å². The van der Waals surface area contributed by atoms with Crippen LogP contribution in [0.3, 0.4) is 0 Å². The van der Waals surface area contributed by atoms with E-state index in [1.54, 1.807) is 0 Å². The van der Waals surface area contributed by atoms with Gasteiger partial charge in [0.1, 0.15) is 9.99 Å². The summed E-state index contributed by atoms with van der Waals surface area (Å²) >= 11 is 5.29. The van der Waals surface area contributed by atoms with Gasteiger partial charge < -0.3 is 4.55 Å². The van der Waals surface area contributed by atoms with Crippen LogP contribution in [-0.4, -0.2) is 26.6 Å². The van der Waals surface area contributed by atoms with Crippen molar-refractivity contribution in [3.05, 3.63) is 0 Å². The second-order valence-electron chi connectivity index (χ2n) is 2.49. The van der Waals surface area contributed by atoms with Crippen molar-refractivity contribution >= 4 is 27.0 Å². The van der Waals surface area contributed by atoms with Gasteiger partial charge in [0.05, 0.1) is 5.88 Å². The number of unbranched alkanes of at least 4 members (excludes halogenated alkanes) is 2. The summed E-state index contributed by atoms with van der Waals surface area (Å²) in [6, 6.07) is 0. The fraction of sp³-hybridized carbons (Fsp3) is 0.857. The molecule has 5 heteroatoms. The fourth-order valence-corrected chi connectivity index (χ4v) is 1.98. The molecule has 3 nitrogen and oxygen atoms in total. The lowest BCUT2D eigenvalue weighted by atomic mass is 10.3. The van der Waals surface area contributed by atoms with E-state index < -0.39 is 9.99 Å². The topological polar surface area (TPSA) is 49.3 Å². The molecular weight excluding hydrogens is 198 g/mol. The molecule has 0 heterocycles. The zero-order valence-corrected chi connectivity index (χ0v) is 8.83. The molecule has 1 atom stereocenters. The van der Waals surface area contributed by atoms with Crippen molar-refractivity contribution in [3.63, 3.8) is 0 Å². The van der Waals surface area contributed by atoms with Gasteiger partial charge in [-0.2, -0.15) is 0 Å². The normalized spacial score (nSPS) is 15.6. The number of hydrogen-bond donors (Lipinski definition) is 2. The molecule has 0 radical (unpaired) electrons. The van der Waals surface area contributed by atoms with Crippen LogP contribution in [0.15, 0.2) is 0 Å². The van der Waals surface area contributed by atoms with Gasteiger partial charge in [-0.3, -0.25) is 0 Å². The quantitative estimate of drug-likeness (QED) is 0.399. The van der Waals surface area contributed by atoms with Crippen LogP contribution in [-0.2, 0) is 9.99 Å². The summed E-state index contributed by atoms with van der Waals surface area (Å²) in [5.41, 5.74) is 0. The summed E-state index contributed by atoms with van der Waals surface area (Å²) < 4.78 is 22.7. The lowest BCUT2D eigenvalue weighted by Gasteiger charge is -2.04. The van der Waals surface area contributed by atoms with E-state index in [9.17, 15) is 4.21 Å². The second-order valence-corrected chi connectivity index (χ2v) is 4.56. The zero-order chi connectivity index (χ0) is 9.45. The fourth-order valence-electron chi connectivity index (χ4n) is 0.738. The van der Waals surface area contributed by atoms with Crippen molar-refractivity contribution in [1.82, 2.24) is 4.72 Å². The van der Waals surface area contributed by atoms with E-state index >= 15 is 0 Å². The minimum absolute atomic E-state index is 0.0934. The Hall–Kier alpha value is 0.230. The Morgan fingerprint density at radius 3 is 2.75 bits per heavy atom. The van der Waals surface area contributed by atoms with Gasteiger partial charge in [-0.1, -0.05) is 19.8 Å². The van der Waals surface area contributed by atoms with Crippen LogP contribution >= 0.6 is 11.6 Å². The molecule has 0 rings (SSSR count). The third-order valence-electron chi connectivity index (χ3n) is 1.38. The molecule has 0 saturated heterocycles. The average Bonchev–Trinajstić information content (AvgIpc) is 1.98. The number of rotatable bonds is 6. The molecule has 0 aromatic carbocycles. The first-order valence-electron chi connectivity index (χ1n) is 4.03. The standard InChI is InChI=1S/C7H16ClNO2S/c1-2-3-4-6-9-12(10,11)7-5-8/h7H,2-6H2,1H3,(H2,9,10,11). The minimum atomic E-state index is -2.97. The molecule has 0 aromatic rings. The smallest absolute Gasteiger partial charge is 0.142 e. The first-order valence-corrected chi connectivity index (χ1v) is 6.14. The summed E-state index contributed by atoms with van der Waals surface area (Å²) in [7, 11) is -2.97. The molecule has 0 aliphatic heterocycles. The number of nitrogens with one attached hydrogen (secondary N) is 1. The highest BCUT2D eigenvalue weighted by molar-refractivity contribution is 7.94. The number of hydrogen-bond acceptors (Lipinski definition) is 1. The van der Waals surface area contributed by atoms with Crippen molar-refractivity contribution in [3.8, 4) is 0 Å². The third-order valence-corrected chi connectivity index (χ3v) is 2.95. The Labute approximate surface area is 79.5 Å². The molecular formula is C7H16ClNO2S. The molecule has 0 aliphatic carbocycles. The Morgan fingerprint density at radius 2 is 2.25 bits per heavy atom. The van der Waals surface area contributed by atoms with E-state index in [4.69, 9.17) is 16.2 Å². The maximum absolute atomic E-state index is 11.1. The highest BCUT2D eigenvalue weighted by Gasteiger charge is 1.97. The van der Waals surface area contributed by atoms with Gasteiger partial charge in [-0.25, -0.2) is 8.93 Å². The monoisotopic (exact) mass is 213 g/mol. The van der Waals surface area contributed by atoms with E-state index in [1.165, 1.54) is 5.37 Å². The Kier molecular flexibility index (Phi) is 6.84. The van der Waals surface area contributed by atoms with Crippen LogP contribution in [0, 0.1) is 0 Å². The molecule has 1 unspecified atom stereocenters. The maximum atomic E-state index is 11.1. The zero-order valence-electron chi connectivity index (χ0n) is 7.25. The van der Waals surface area contributed by atoms with E-state index in [0.29, 0.717) is 6.54 Å². The summed E-state index contributed by atoms with van der Waals surface area (Å²) in [6.07, 6.45) is 3.10. The van der Waals surface area contributed by atoms with Crippen LogP contribution in [0.25, 0.3) is 0 Å². The van der Waals surface area contributed by atoms with Gasteiger partial charge in [0.25, 0.3) is 0 Å². The SMILES string of the molecule is CCCCCNS(=O)(O)=CCCl. The van der Waals surface area contributed by atoms with Crippen molar-refractivity contribution in [2.45, 2.75) is 26.2 Å². The van der Waals surface area contributed by atoms with Gasteiger partial charge in [0, 0.05) is 11.9 Å². The van der Waals surface area contributed by atoms with Crippen LogP contribution in [0.4, 0.5) is 0 Å². The van der Waals surface area contributed by atoms with Gasteiger partial charge in [0.2, 0.25) is 0 Å². The number of halogens is 1. The van der Waals surface area contributed by atoms with Crippen molar-refractivity contribution in [2.24, 2.45) is 0 Å². The molecule has 0 aliphatic rings. The molecule has 0 amide bonds. The summed E-state index contributed by atoms with van der Waals surface area (Å²) in [6.45, 7) is 2.65. The Bertz CT molecular complexity index is 211. The van der Waals surface area contributed by atoms with E-state index in [2.05, 4.69) is 11.6 Å². The molecule has 0 fully saturated rings. The highest BCUT2D eigenvalue weighted by Crippen LogP contribution is 1.92. The first-order chi connectivity index (χ1) is 5.62. The largest absolute Gasteiger partial charge is 0.302 e.